The van der Waals surface area contributed by atoms with Crippen LogP contribution in [0.15, 0.2) is 47.6 Å². The molecule has 8 heteroatoms. The molecule has 0 aliphatic carbocycles. The van der Waals surface area contributed by atoms with Crippen molar-refractivity contribution in [3.05, 3.63) is 53.6 Å². The molecule has 2 amide bonds. The standard InChI is InChI=1S/C20H23N3O5/c1-4-28-19-14(8-7-11-17(19)27-3)12-22-23-18(24)13-21-20(25)15-9-5-6-10-16(15)26-2/h5-12H,4,13H2,1-3H3,(H,21,25)(H,23,24). The lowest BCUT2D eigenvalue weighted by atomic mass is 10.2. The number of hydrazone groups is 1. The molecule has 0 fully saturated rings. The highest BCUT2D eigenvalue weighted by Gasteiger charge is 2.12. The predicted molar refractivity (Wildman–Crippen MR) is 105 cm³/mol. The fourth-order valence-corrected chi connectivity index (χ4v) is 2.40. The average molecular weight is 385 g/mol. The van der Waals surface area contributed by atoms with Gasteiger partial charge < -0.3 is 19.5 Å². The second-order valence-electron chi connectivity index (χ2n) is 5.49. The van der Waals surface area contributed by atoms with Gasteiger partial charge in [-0.2, -0.15) is 5.10 Å². The van der Waals surface area contributed by atoms with E-state index in [1.165, 1.54) is 13.3 Å². The third-order valence-electron chi connectivity index (χ3n) is 3.67. The molecule has 28 heavy (non-hydrogen) atoms. The summed E-state index contributed by atoms with van der Waals surface area (Å²) in [7, 11) is 3.02. The first kappa shape index (κ1) is 20.8. The van der Waals surface area contributed by atoms with Crippen LogP contribution in [0.4, 0.5) is 0 Å². The van der Waals surface area contributed by atoms with Crippen LogP contribution in [0.2, 0.25) is 0 Å². The van der Waals surface area contributed by atoms with E-state index in [1.54, 1.807) is 49.6 Å². The first-order valence-electron chi connectivity index (χ1n) is 8.63. The molecule has 2 aromatic rings. The summed E-state index contributed by atoms with van der Waals surface area (Å²) < 4.78 is 16.0. The molecule has 0 spiro atoms. The number of carbonyl (C=O) groups is 2. The summed E-state index contributed by atoms with van der Waals surface area (Å²) in [4.78, 5) is 24.1. The third kappa shape index (κ3) is 5.47. The van der Waals surface area contributed by atoms with Gasteiger partial charge in [0, 0.05) is 5.56 Å². The maximum absolute atomic E-state index is 12.2. The third-order valence-corrected chi connectivity index (χ3v) is 3.67. The number of hydrogen-bond donors (Lipinski definition) is 2. The molecule has 0 aliphatic rings. The Morgan fingerprint density at radius 2 is 1.75 bits per heavy atom. The van der Waals surface area contributed by atoms with Crippen molar-refractivity contribution in [2.45, 2.75) is 6.92 Å². The summed E-state index contributed by atoms with van der Waals surface area (Å²) in [5, 5.41) is 6.43. The lowest BCUT2D eigenvalue weighted by molar-refractivity contribution is -0.120. The number of methoxy groups -OCH3 is 2. The van der Waals surface area contributed by atoms with Crippen molar-refractivity contribution in [3.63, 3.8) is 0 Å². The summed E-state index contributed by atoms with van der Waals surface area (Å²) in [6.45, 7) is 2.09. The second-order valence-corrected chi connectivity index (χ2v) is 5.49. The van der Waals surface area contributed by atoms with Crippen LogP contribution in [0.5, 0.6) is 17.2 Å². The van der Waals surface area contributed by atoms with Crippen LogP contribution in [0, 0.1) is 0 Å². The summed E-state index contributed by atoms with van der Waals surface area (Å²) >= 11 is 0. The Morgan fingerprint density at radius 1 is 1.04 bits per heavy atom. The van der Waals surface area contributed by atoms with Gasteiger partial charge in [-0.25, -0.2) is 5.43 Å². The molecule has 0 radical (unpaired) electrons. The van der Waals surface area contributed by atoms with Gasteiger partial charge in [-0.3, -0.25) is 9.59 Å². The molecule has 0 unspecified atom stereocenters. The molecule has 0 saturated carbocycles. The van der Waals surface area contributed by atoms with Crippen LogP contribution in [0.1, 0.15) is 22.8 Å². The number of para-hydroxylation sites is 2. The maximum Gasteiger partial charge on any atom is 0.259 e. The highest BCUT2D eigenvalue weighted by Crippen LogP contribution is 2.29. The van der Waals surface area contributed by atoms with E-state index in [1.807, 2.05) is 6.92 Å². The fraction of sp³-hybridized carbons (Fsp3) is 0.250. The van der Waals surface area contributed by atoms with Crippen LogP contribution < -0.4 is 25.0 Å². The van der Waals surface area contributed by atoms with Crippen LogP contribution in [-0.2, 0) is 4.79 Å². The number of carbonyl (C=O) groups excluding carboxylic acids is 2. The summed E-state index contributed by atoms with van der Waals surface area (Å²) in [6.07, 6.45) is 1.45. The lowest BCUT2D eigenvalue weighted by Crippen LogP contribution is -2.35. The molecule has 0 saturated heterocycles. The Balaban J connectivity index is 1.93. The Hall–Kier alpha value is -3.55. The largest absolute Gasteiger partial charge is 0.496 e. The quantitative estimate of drug-likeness (QED) is 0.508. The van der Waals surface area contributed by atoms with Crippen molar-refractivity contribution in [3.8, 4) is 17.2 Å². The van der Waals surface area contributed by atoms with Crippen molar-refractivity contribution < 1.29 is 23.8 Å². The zero-order valence-corrected chi connectivity index (χ0v) is 16.0. The smallest absolute Gasteiger partial charge is 0.259 e. The van der Waals surface area contributed by atoms with Gasteiger partial charge in [0.1, 0.15) is 5.75 Å². The Bertz CT molecular complexity index is 851. The molecule has 0 atom stereocenters. The SMILES string of the molecule is CCOc1c(C=NNC(=O)CNC(=O)c2ccccc2OC)cccc1OC. The number of amides is 2. The normalized spacial score (nSPS) is 10.4. The van der Waals surface area contributed by atoms with E-state index in [4.69, 9.17) is 14.2 Å². The number of hydrogen-bond acceptors (Lipinski definition) is 6. The number of nitrogens with zero attached hydrogens (tertiary/aromatic N) is 1. The highest BCUT2D eigenvalue weighted by atomic mass is 16.5. The number of ether oxygens (including phenoxy) is 3. The monoisotopic (exact) mass is 385 g/mol. The minimum absolute atomic E-state index is 0.231. The molecule has 2 N–H and O–H groups in total. The molecule has 2 aromatic carbocycles. The van der Waals surface area contributed by atoms with Crippen LogP contribution >= 0.6 is 0 Å². The molecule has 148 valence electrons. The van der Waals surface area contributed by atoms with Crippen molar-refractivity contribution in [2.75, 3.05) is 27.4 Å². The molecular formula is C20H23N3O5. The van der Waals surface area contributed by atoms with E-state index < -0.39 is 11.8 Å². The van der Waals surface area contributed by atoms with Gasteiger partial charge in [-0.1, -0.05) is 18.2 Å². The van der Waals surface area contributed by atoms with E-state index >= 15 is 0 Å². The van der Waals surface area contributed by atoms with Gasteiger partial charge in [0.15, 0.2) is 11.5 Å². The van der Waals surface area contributed by atoms with Crippen LogP contribution in [-0.4, -0.2) is 45.4 Å². The van der Waals surface area contributed by atoms with Gasteiger partial charge in [-0.05, 0) is 31.2 Å². The molecular weight excluding hydrogens is 362 g/mol. The number of benzene rings is 2. The number of nitrogens with one attached hydrogen (secondary N) is 2. The Labute approximate surface area is 163 Å². The van der Waals surface area contributed by atoms with Gasteiger partial charge in [0.25, 0.3) is 11.8 Å². The zero-order chi connectivity index (χ0) is 20.4. The second kappa shape index (κ2) is 10.6. The minimum atomic E-state index is -0.472. The first-order chi connectivity index (χ1) is 13.6. The lowest BCUT2D eigenvalue weighted by Gasteiger charge is -2.11. The van der Waals surface area contributed by atoms with Gasteiger partial charge in [-0.15, -0.1) is 0 Å². The van der Waals surface area contributed by atoms with Crippen molar-refractivity contribution >= 4 is 18.0 Å². The molecule has 2 rings (SSSR count). The average Bonchev–Trinajstić information content (AvgIpc) is 2.73. The fourth-order valence-electron chi connectivity index (χ4n) is 2.40. The van der Waals surface area contributed by atoms with Crippen molar-refractivity contribution in [2.24, 2.45) is 5.10 Å². The summed E-state index contributed by atoms with van der Waals surface area (Å²) in [5.41, 5.74) is 3.36. The maximum atomic E-state index is 12.2. The van der Waals surface area contributed by atoms with Crippen molar-refractivity contribution in [1.29, 1.82) is 0 Å². The van der Waals surface area contributed by atoms with E-state index in [2.05, 4.69) is 15.8 Å². The molecule has 8 nitrogen and oxygen atoms in total. The molecule has 0 aliphatic heterocycles. The van der Waals surface area contributed by atoms with Gasteiger partial charge >= 0.3 is 0 Å². The van der Waals surface area contributed by atoms with E-state index in [-0.39, 0.29) is 6.54 Å². The molecule has 0 aromatic heterocycles. The van der Waals surface area contributed by atoms with Crippen LogP contribution in [0.3, 0.4) is 0 Å². The molecule has 0 bridgehead atoms. The Kier molecular flexibility index (Phi) is 7.83. The zero-order valence-electron chi connectivity index (χ0n) is 16.0. The minimum Gasteiger partial charge on any atom is -0.496 e. The van der Waals surface area contributed by atoms with E-state index in [9.17, 15) is 9.59 Å². The predicted octanol–water partition coefficient (Wildman–Crippen LogP) is 1.98. The number of rotatable bonds is 9. The van der Waals surface area contributed by atoms with Crippen molar-refractivity contribution in [1.82, 2.24) is 10.7 Å². The summed E-state index contributed by atoms with van der Waals surface area (Å²) in [5.74, 6) is 0.652. The Morgan fingerprint density at radius 3 is 2.46 bits per heavy atom. The van der Waals surface area contributed by atoms with E-state index in [0.717, 1.165) is 0 Å². The van der Waals surface area contributed by atoms with Gasteiger partial charge in [0.2, 0.25) is 0 Å². The summed E-state index contributed by atoms with van der Waals surface area (Å²) in [6, 6.07) is 12.1. The molecule has 0 heterocycles. The first-order valence-corrected chi connectivity index (χ1v) is 8.63. The topological polar surface area (TPSA) is 98.2 Å². The van der Waals surface area contributed by atoms with E-state index in [0.29, 0.717) is 35.0 Å². The van der Waals surface area contributed by atoms with Crippen LogP contribution in [0.25, 0.3) is 0 Å². The highest BCUT2D eigenvalue weighted by molar-refractivity contribution is 5.98. The van der Waals surface area contributed by atoms with Gasteiger partial charge in [0.05, 0.1) is 39.1 Å².